The van der Waals surface area contributed by atoms with E-state index in [1.54, 1.807) is 6.20 Å². The predicted octanol–water partition coefficient (Wildman–Crippen LogP) is 2.54. The Morgan fingerprint density at radius 1 is 1.21 bits per heavy atom. The number of imidazole rings is 1. The van der Waals surface area contributed by atoms with Crippen LogP contribution in [-0.4, -0.2) is 43.4 Å². The van der Waals surface area contributed by atoms with Gasteiger partial charge in [-0.3, -0.25) is 4.79 Å². The van der Waals surface area contributed by atoms with Gasteiger partial charge in [-0.15, -0.1) is 0 Å². The zero-order valence-corrected chi connectivity index (χ0v) is 14.7. The third kappa shape index (κ3) is 3.63. The van der Waals surface area contributed by atoms with Crippen molar-refractivity contribution in [1.82, 2.24) is 24.4 Å². The van der Waals surface area contributed by atoms with Gasteiger partial charge in [0.25, 0.3) is 5.91 Å². The Morgan fingerprint density at radius 2 is 1.96 bits per heavy atom. The van der Waals surface area contributed by atoms with Crippen molar-refractivity contribution in [2.75, 3.05) is 13.1 Å². The number of piperidine rings is 1. The van der Waals surface area contributed by atoms with Crippen molar-refractivity contribution in [3.8, 4) is 0 Å². The number of nitrogens with zero attached hydrogens (tertiary/aromatic N) is 5. The fourth-order valence-electron chi connectivity index (χ4n) is 3.35. The number of aromatic nitrogens is 4. The molecule has 2 aromatic rings. The smallest absolute Gasteiger partial charge is 0.257 e. The SMILES string of the molecule is Cc1ncc(C(=O)N2CCC(CCn3ccnc3C)CC2)c(C)n1. The molecule has 1 aliphatic rings. The van der Waals surface area contributed by atoms with Crippen LogP contribution < -0.4 is 0 Å². The van der Waals surface area contributed by atoms with Crippen LogP contribution in [-0.2, 0) is 6.54 Å². The van der Waals surface area contributed by atoms with E-state index >= 15 is 0 Å². The van der Waals surface area contributed by atoms with Crippen molar-refractivity contribution < 1.29 is 4.79 Å². The summed E-state index contributed by atoms with van der Waals surface area (Å²) in [7, 11) is 0. The quantitative estimate of drug-likeness (QED) is 0.866. The van der Waals surface area contributed by atoms with Crippen LogP contribution in [0.2, 0.25) is 0 Å². The Morgan fingerprint density at radius 3 is 2.58 bits per heavy atom. The van der Waals surface area contributed by atoms with Crippen molar-refractivity contribution in [3.05, 3.63) is 41.5 Å². The number of hydrogen-bond donors (Lipinski definition) is 0. The minimum absolute atomic E-state index is 0.0661. The number of amides is 1. The van der Waals surface area contributed by atoms with Crippen molar-refractivity contribution in [3.63, 3.8) is 0 Å². The summed E-state index contributed by atoms with van der Waals surface area (Å²) in [5.41, 5.74) is 1.40. The zero-order valence-electron chi connectivity index (χ0n) is 14.7. The van der Waals surface area contributed by atoms with Gasteiger partial charge in [0.2, 0.25) is 0 Å². The van der Waals surface area contributed by atoms with Crippen molar-refractivity contribution in [2.45, 2.75) is 46.6 Å². The first-order chi connectivity index (χ1) is 11.5. The molecule has 0 radical (unpaired) electrons. The van der Waals surface area contributed by atoms with E-state index in [9.17, 15) is 4.79 Å². The van der Waals surface area contributed by atoms with Crippen LogP contribution in [0.15, 0.2) is 18.6 Å². The van der Waals surface area contributed by atoms with Gasteiger partial charge in [0.05, 0.1) is 11.3 Å². The van der Waals surface area contributed by atoms with E-state index in [1.165, 1.54) is 0 Å². The largest absolute Gasteiger partial charge is 0.339 e. The molecule has 1 amide bonds. The van der Waals surface area contributed by atoms with Gasteiger partial charge < -0.3 is 9.47 Å². The van der Waals surface area contributed by atoms with E-state index in [0.717, 1.165) is 50.4 Å². The summed E-state index contributed by atoms with van der Waals surface area (Å²) < 4.78 is 2.20. The Hall–Kier alpha value is -2.24. The summed E-state index contributed by atoms with van der Waals surface area (Å²) in [4.78, 5) is 27.3. The number of aryl methyl sites for hydroxylation is 4. The second kappa shape index (κ2) is 7.11. The van der Waals surface area contributed by atoms with E-state index in [2.05, 4.69) is 19.5 Å². The van der Waals surface area contributed by atoms with E-state index in [-0.39, 0.29) is 5.91 Å². The van der Waals surface area contributed by atoms with Crippen LogP contribution in [0.4, 0.5) is 0 Å². The summed E-state index contributed by atoms with van der Waals surface area (Å²) in [5, 5.41) is 0. The average molecular weight is 327 g/mol. The van der Waals surface area contributed by atoms with Gasteiger partial charge in [0.15, 0.2) is 0 Å². The predicted molar refractivity (Wildman–Crippen MR) is 91.7 cm³/mol. The van der Waals surface area contributed by atoms with Gasteiger partial charge in [0, 0.05) is 38.2 Å². The maximum Gasteiger partial charge on any atom is 0.257 e. The minimum atomic E-state index is 0.0661. The van der Waals surface area contributed by atoms with Gasteiger partial charge in [-0.1, -0.05) is 0 Å². The lowest BCUT2D eigenvalue weighted by Crippen LogP contribution is -2.39. The first-order valence-corrected chi connectivity index (χ1v) is 8.62. The number of hydrogen-bond acceptors (Lipinski definition) is 4. The monoisotopic (exact) mass is 327 g/mol. The molecule has 0 N–H and O–H groups in total. The minimum Gasteiger partial charge on any atom is -0.339 e. The fourth-order valence-corrected chi connectivity index (χ4v) is 3.35. The Kier molecular flexibility index (Phi) is 4.92. The summed E-state index contributed by atoms with van der Waals surface area (Å²) in [6, 6.07) is 0. The molecule has 3 rings (SSSR count). The Balaban J connectivity index is 1.53. The number of carbonyl (C=O) groups is 1. The second-order valence-corrected chi connectivity index (χ2v) is 6.61. The summed E-state index contributed by atoms with van der Waals surface area (Å²) in [5.74, 6) is 2.51. The van der Waals surface area contributed by atoms with Crippen LogP contribution in [0.3, 0.4) is 0 Å². The molecule has 0 saturated carbocycles. The lowest BCUT2D eigenvalue weighted by Gasteiger charge is -2.32. The van der Waals surface area contributed by atoms with Crippen molar-refractivity contribution >= 4 is 5.91 Å². The highest BCUT2D eigenvalue weighted by atomic mass is 16.2. The maximum atomic E-state index is 12.7. The Labute approximate surface area is 142 Å². The molecule has 1 saturated heterocycles. The second-order valence-electron chi connectivity index (χ2n) is 6.61. The molecule has 6 nitrogen and oxygen atoms in total. The average Bonchev–Trinajstić information content (AvgIpc) is 2.98. The molecule has 0 atom stereocenters. The number of likely N-dealkylation sites (tertiary alicyclic amines) is 1. The van der Waals surface area contributed by atoms with E-state index in [1.807, 2.05) is 38.1 Å². The fraction of sp³-hybridized carbons (Fsp3) is 0.556. The lowest BCUT2D eigenvalue weighted by molar-refractivity contribution is 0.0683. The first kappa shape index (κ1) is 16.6. The molecule has 0 spiro atoms. The number of carbonyl (C=O) groups excluding carboxylic acids is 1. The molecule has 6 heteroatoms. The maximum absolute atomic E-state index is 12.7. The van der Waals surface area contributed by atoms with E-state index in [0.29, 0.717) is 17.3 Å². The normalized spacial score (nSPS) is 15.7. The van der Waals surface area contributed by atoms with Gasteiger partial charge >= 0.3 is 0 Å². The third-order valence-electron chi connectivity index (χ3n) is 4.93. The van der Waals surface area contributed by atoms with Crippen molar-refractivity contribution in [2.24, 2.45) is 5.92 Å². The zero-order chi connectivity index (χ0) is 17.1. The highest BCUT2D eigenvalue weighted by Crippen LogP contribution is 2.23. The molecule has 0 aromatic carbocycles. The molecule has 3 heterocycles. The highest BCUT2D eigenvalue weighted by molar-refractivity contribution is 5.94. The summed E-state index contributed by atoms with van der Waals surface area (Å²) in [6.07, 6.45) is 8.81. The molecule has 0 bridgehead atoms. The molecular weight excluding hydrogens is 302 g/mol. The van der Waals surface area contributed by atoms with Crippen LogP contribution in [0.5, 0.6) is 0 Å². The highest BCUT2D eigenvalue weighted by Gasteiger charge is 2.25. The van der Waals surface area contributed by atoms with Gasteiger partial charge in [0.1, 0.15) is 11.6 Å². The summed E-state index contributed by atoms with van der Waals surface area (Å²) >= 11 is 0. The molecule has 0 unspecified atom stereocenters. The molecule has 24 heavy (non-hydrogen) atoms. The molecule has 2 aromatic heterocycles. The van der Waals surface area contributed by atoms with Crippen LogP contribution in [0, 0.1) is 26.7 Å². The molecule has 0 aliphatic carbocycles. The summed E-state index contributed by atoms with van der Waals surface area (Å²) in [6.45, 7) is 8.40. The topological polar surface area (TPSA) is 63.9 Å². The Bertz CT molecular complexity index is 716. The molecule has 1 fully saturated rings. The van der Waals surface area contributed by atoms with Crippen molar-refractivity contribution in [1.29, 1.82) is 0 Å². The van der Waals surface area contributed by atoms with Crippen LogP contribution >= 0.6 is 0 Å². The lowest BCUT2D eigenvalue weighted by atomic mass is 9.93. The van der Waals surface area contributed by atoms with E-state index in [4.69, 9.17) is 0 Å². The van der Waals surface area contributed by atoms with Gasteiger partial charge in [-0.05, 0) is 46.0 Å². The van der Waals surface area contributed by atoms with Crippen LogP contribution in [0.25, 0.3) is 0 Å². The number of rotatable bonds is 4. The molecule has 1 aliphatic heterocycles. The van der Waals surface area contributed by atoms with Gasteiger partial charge in [-0.2, -0.15) is 0 Å². The molecule has 128 valence electrons. The third-order valence-corrected chi connectivity index (χ3v) is 4.93. The molecular formula is C18H25N5O. The standard InChI is InChI=1S/C18H25N5O/c1-13-17(12-20-14(2)21-13)18(24)23-9-5-16(6-10-23)4-8-22-11-7-19-15(22)3/h7,11-12,16H,4-6,8-10H2,1-3H3. The first-order valence-electron chi connectivity index (χ1n) is 8.62. The van der Waals surface area contributed by atoms with E-state index < -0.39 is 0 Å². The van der Waals surface area contributed by atoms with Gasteiger partial charge in [-0.25, -0.2) is 15.0 Å². The van der Waals surface area contributed by atoms with Crippen LogP contribution in [0.1, 0.15) is 47.0 Å².